The molecule has 140 valence electrons. The molecule has 1 aromatic heterocycles. The summed E-state index contributed by atoms with van der Waals surface area (Å²) in [6.45, 7) is -0.0656. The van der Waals surface area contributed by atoms with Crippen LogP contribution < -0.4 is 10.1 Å². The van der Waals surface area contributed by atoms with Crippen molar-refractivity contribution in [1.29, 1.82) is 0 Å². The van der Waals surface area contributed by atoms with Crippen LogP contribution in [0.3, 0.4) is 0 Å². The zero-order valence-electron chi connectivity index (χ0n) is 14.4. The van der Waals surface area contributed by atoms with Crippen molar-refractivity contribution in [1.82, 2.24) is 5.16 Å². The van der Waals surface area contributed by atoms with E-state index >= 15 is 0 Å². The van der Waals surface area contributed by atoms with Gasteiger partial charge in [0, 0.05) is 17.3 Å². The molecule has 2 aromatic carbocycles. The van der Waals surface area contributed by atoms with E-state index < -0.39 is 0 Å². The van der Waals surface area contributed by atoms with Gasteiger partial charge in [-0.15, -0.1) is 0 Å². The fourth-order valence-electron chi connectivity index (χ4n) is 2.32. The van der Waals surface area contributed by atoms with Gasteiger partial charge in [0.1, 0.15) is 23.9 Å². The van der Waals surface area contributed by atoms with E-state index in [1.54, 1.807) is 36.4 Å². The van der Waals surface area contributed by atoms with Gasteiger partial charge in [-0.25, -0.2) is 4.39 Å². The fraction of sp³-hybridized carbons (Fsp3) is 0.158. The third kappa shape index (κ3) is 5.06. The van der Waals surface area contributed by atoms with Gasteiger partial charge in [-0.3, -0.25) is 4.79 Å². The smallest absolute Gasteiger partial charge is 0.250 e. The monoisotopic (exact) mass is 390 g/mol. The first-order valence-electron chi connectivity index (χ1n) is 7.98. The van der Waals surface area contributed by atoms with Gasteiger partial charge < -0.3 is 19.3 Å². The molecule has 0 radical (unpaired) electrons. The Balaban J connectivity index is 1.49. The number of halogens is 2. The molecule has 0 bridgehead atoms. The van der Waals surface area contributed by atoms with Crippen LogP contribution in [-0.4, -0.2) is 24.8 Å². The molecule has 0 aliphatic carbocycles. The van der Waals surface area contributed by atoms with Crippen LogP contribution >= 0.6 is 11.6 Å². The summed E-state index contributed by atoms with van der Waals surface area (Å²) >= 11 is 6.01. The summed E-state index contributed by atoms with van der Waals surface area (Å²) in [5.41, 5.74) is 1.76. The Hall–Kier alpha value is -2.90. The molecule has 0 aliphatic rings. The van der Waals surface area contributed by atoms with Gasteiger partial charge in [-0.2, -0.15) is 0 Å². The Morgan fingerprint density at radius 2 is 2.00 bits per heavy atom. The largest absolute Gasteiger partial charge is 0.495 e. The van der Waals surface area contributed by atoms with Crippen LogP contribution in [0.15, 0.2) is 53.1 Å². The molecule has 0 fully saturated rings. The first kappa shape index (κ1) is 18.9. The minimum Gasteiger partial charge on any atom is -0.495 e. The number of anilines is 1. The van der Waals surface area contributed by atoms with Crippen LogP contribution in [0.1, 0.15) is 5.69 Å². The topological polar surface area (TPSA) is 73.6 Å². The number of hydrogen-bond acceptors (Lipinski definition) is 5. The van der Waals surface area contributed by atoms with Gasteiger partial charge in [0.05, 0.1) is 18.7 Å². The van der Waals surface area contributed by atoms with E-state index in [2.05, 4.69) is 10.5 Å². The van der Waals surface area contributed by atoms with E-state index in [-0.39, 0.29) is 24.9 Å². The van der Waals surface area contributed by atoms with Crippen molar-refractivity contribution in [3.63, 3.8) is 0 Å². The molecule has 6 nitrogen and oxygen atoms in total. The third-order valence-corrected chi connectivity index (χ3v) is 3.90. The van der Waals surface area contributed by atoms with Crippen LogP contribution in [0.2, 0.25) is 5.02 Å². The maximum atomic E-state index is 12.9. The van der Waals surface area contributed by atoms with E-state index in [1.807, 2.05) is 0 Å². The minimum atomic E-state index is -0.335. The highest BCUT2D eigenvalue weighted by molar-refractivity contribution is 6.32. The Labute approximate surface area is 159 Å². The number of benzene rings is 2. The molecule has 3 aromatic rings. The average molecular weight is 391 g/mol. The van der Waals surface area contributed by atoms with E-state index in [1.165, 1.54) is 19.2 Å². The second-order valence-electron chi connectivity index (χ2n) is 5.58. The van der Waals surface area contributed by atoms with E-state index in [0.717, 1.165) is 0 Å². The van der Waals surface area contributed by atoms with Gasteiger partial charge in [-0.05, 0) is 42.5 Å². The van der Waals surface area contributed by atoms with Crippen LogP contribution in [-0.2, 0) is 16.1 Å². The van der Waals surface area contributed by atoms with Gasteiger partial charge in [0.15, 0.2) is 5.76 Å². The quantitative estimate of drug-likeness (QED) is 0.651. The molecule has 0 unspecified atom stereocenters. The molecule has 0 spiro atoms. The number of hydrogen-bond donors (Lipinski definition) is 1. The average Bonchev–Trinajstić information content (AvgIpc) is 3.11. The van der Waals surface area contributed by atoms with Crippen molar-refractivity contribution < 1.29 is 23.2 Å². The normalized spacial score (nSPS) is 10.6. The second-order valence-corrected chi connectivity index (χ2v) is 5.99. The summed E-state index contributed by atoms with van der Waals surface area (Å²) in [4.78, 5) is 11.9. The Bertz CT molecular complexity index is 928. The van der Waals surface area contributed by atoms with Crippen molar-refractivity contribution in [2.75, 3.05) is 19.0 Å². The van der Waals surface area contributed by atoms with Crippen LogP contribution in [0.25, 0.3) is 11.3 Å². The Kier molecular flexibility index (Phi) is 6.05. The fourth-order valence-corrected chi connectivity index (χ4v) is 2.58. The molecule has 0 aliphatic heterocycles. The van der Waals surface area contributed by atoms with Crippen LogP contribution in [0, 0.1) is 5.82 Å². The Morgan fingerprint density at radius 1 is 1.22 bits per heavy atom. The van der Waals surface area contributed by atoms with E-state index in [4.69, 9.17) is 25.6 Å². The lowest BCUT2D eigenvalue weighted by Gasteiger charge is -2.08. The number of methoxy groups -OCH3 is 1. The zero-order chi connectivity index (χ0) is 19.2. The predicted octanol–water partition coefficient (Wildman–Crippen LogP) is 4.30. The lowest BCUT2D eigenvalue weighted by molar-refractivity contribution is -0.121. The maximum absolute atomic E-state index is 12.9. The maximum Gasteiger partial charge on any atom is 0.250 e. The number of nitrogens with one attached hydrogen (secondary N) is 1. The van der Waals surface area contributed by atoms with Crippen LogP contribution in [0.5, 0.6) is 5.75 Å². The molecule has 27 heavy (non-hydrogen) atoms. The number of ether oxygens (including phenoxy) is 2. The first-order valence-corrected chi connectivity index (χ1v) is 8.35. The number of rotatable bonds is 7. The Morgan fingerprint density at radius 3 is 2.70 bits per heavy atom. The highest BCUT2D eigenvalue weighted by Gasteiger charge is 2.09. The predicted molar refractivity (Wildman–Crippen MR) is 98.2 cm³/mol. The van der Waals surface area contributed by atoms with Crippen LogP contribution in [0.4, 0.5) is 10.1 Å². The SMILES string of the molecule is COc1ccc(NC(=O)COCc2cc(-c3ccc(F)cc3)on2)cc1Cl. The zero-order valence-corrected chi connectivity index (χ0v) is 15.1. The summed E-state index contributed by atoms with van der Waals surface area (Å²) in [6.07, 6.45) is 0. The molecule has 1 N–H and O–H groups in total. The number of carbonyl (C=O) groups is 1. The summed E-state index contributed by atoms with van der Waals surface area (Å²) < 4.78 is 28.5. The molecule has 0 saturated carbocycles. The summed E-state index contributed by atoms with van der Waals surface area (Å²) in [5.74, 6) is 0.351. The van der Waals surface area contributed by atoms with Gasteiger partial charge in [0.2, 0.25) is 5.91 Å². The van der Waals surface area contributed by atoms with Crippen molar-refractivity contribution in [2.24, 2.45) is 0 Å². The molecule has 1 amide bonds. The van der Waals surface area contributed by atoms with Crippen molar-refractivity contribution >= 4 is 23.2 Å². The second kappa shape index (κ2) is 8.66. The lowest BCUT2D eigenvalue weighted by atomic mass is 10.1. The number of carbonyl (C=O) groups excluding carboxylic acids is 1. The lowest BCUT2D eigenvalue weighted by Crippen LogP contribution is -2.18. The molecule has 0 saturated heterocycles. The van der Waals surface area contributed by atoms with Gasteiger partial charge in [-0.1, -0.05) is 16.8 Å². The highest BCUT2D eigenvalue weighted by Crippen LogP contribution is 2.27. The summed E-state index contributed by atoms with van der Waals surface area (Å²) in [5, 5.41) is 6.94. The van der Waals surface area contributed by atoms with Gasteiger partial charge >= 0.3 is 0 Å². The molecule has 1 heterocycles. The van der Waals surface area contributed by atoms with E-state index in [0.29, 0.717) is 33.5 Å². The molecule has 8 heteroatoms. The summed E-state index contributed by atoms with van der Waals surface area (Å²) in [7, 11) is 1.51. The first-order chi connectivity index (χ1) is 13.0. The summed E-state index contributed by atoms with van der Waals surface area (Å²) in [6, 6.07) is 12.5. The van der Waals surface area contributed by atoms with Crippen molar-refractivity contribution in [3.05, 3.63) is 65.1 Å². The molecule has 0 atom stereocenters. The number of nitrogens with zero attached hydrogens (tertiary/aromatic N) is 1. The number of amides is 1. The van der Waals surface area contributed by atoms with Gasteiger partial charge in [0.25, 0.3) is 0 Å². The van der Waals surface area contributed by atoms with Crippen molar-refractivity contribution in [3.8, 4) is 17.1 Å². The standard InChI is InChI=1S/C19H16ClFN2O4/c1-25-17-7-6-14(8-16(17)20)22-19(24)11-26-10-15-9-18(27-23-15)12-2-4-13(21)5-3-12/h2-9H,10-11H2,1H3,(H,22,24). The van der Waals surface area contributed by atoms with Crippen molar-refractivity contribution in [2.45, 2.75) is 6.61 Å². The molecular formula is C19H16ClFN2O4. The molecule has 3 rings (SSSR count). The molecular weight excluding hydrogens is 375 g/mol. The number of aromatic nitrogens is 1. The third-order valence-electron chi connectivity index (χ3n) is 3.61. The highest BCUT2D eigenvalue weighted by atomic mass is 35.5. The minimum absolute atomic E-state index is 0.0987. The van der Waals surface area contributed by atoms with E-state index in [9.17, 15) is 9.18 Å².